The fourth-order valence-electron chi connectivity index (χ4n) is 2.46. The van der Waals surface area contributed by atoms with Crippen molar-refractivity contribution in [3.05, 3.63) is 29.0 Å². The number of hydrogen-bond donors (Lipinski definition) is 0. The van der Waals surface area contributed by atoms with Crippen LogP contribution in [0.3, 0.4) is 0 Å². The average molecular weight is 335 g/mol. The molecule has 0 spiro atoms. The van der Waals surface area contributed by atoms with Crippen molar-refractivity contribution in [3.8, 4) is 11.4 Å². The summed E-state index contributed by atoms with van der Waals surface area (Å²) in [4.78, 5) is 2.39. The first-order valence-electron chi connectivity index (χ1n) is 8.18. The zero-order chi connectivity index (χ0) is 16.7. The van der Waals surface area contributed by atoms with Crippen LogP contribution in [0.25, 0.3) is 5.69 Å². The van der Waals surface area contributed by atoms with Crippen LogP contribution in [0.2, 0.25) is 0 Å². The molecule has 6 nitrogen and oxygen atoms in total. The smallest absolute Gasteiger partial charge is 0.220 e. The Labute approximate surface area is 142 Å². The van der Waals surface area contributed by atoms with Crippen molar-refractivity contribution >= 4 is 12.2 Å². The van der Waals surface area contributed by atoms with Crippen LogP contribution in [-0.4, -0.2) is 50.9 Å². The molecule has 0 aliphatic heterocycles. The van der Waals surface area contributed by atoms with E-state index in [0.29, 0.717) is 11.4 Å². The first-order valence-corrected chi connectivity index (χ1v) is 8.59. The number of ether oxygens (including phenoxy) is 1. The highest BCUT2D eigenvalue weighted by molar-refractivity contribution is 7.71. The highest BCUT2D eigenvalue weighted by Gasteiger charge is 2.10. The standard InChI is InChI=1S/C16H25N5OS/c1-4-19(5-2)12-9-13-20-16(23)21(18-17-20)14-10-7-8-11-15(14)22-6-3/h7-8,10-11H,4-6,9,12-13H2,1-3H3. The molecule has 2 aromatic rings. The molecule has 0 N–H and O–H groups in total. The molecule has 0 aliphatic carbocycles. The molecule has 1 aromatic heterocycles. The van der Waals surface area contributed by atoms with Gasteiger partial charge in [0.15, 0.2) is 0 Å². The molecule has 0 unspecified atom stereocenters. The van der Waals surface area contributed by atoms with Crippen molar-refractivity contribution < 1.29 is 4.74 Å². The molecule has 0 amide bonds. The van der Waals surface area contributed by atoms with Gasteiger partial charge in [-0.05, 0) is 67.8 Å². The molecule has 126 valence electrons. The summed E-state index contributed by atoms with van der Waals surface area (Å²) < 4.78 is 9.68. The maximum atomic E-state index is 5.65. The molecule has 1 aromatic carbocycles. The van der Waals surface area contributed by atoms with Crippen molar-refractivity contribution in [3.63, 3.8) is 0 Å². The minimum absolute atomic E-state index is 0.594. The summed E-state index contributed by atoms with van der Waals surface area (Å²) in [5.74, 6) is 0.765. The van der Waals surface area contributed by atoms with Crippen LogP contribution in [0.4, 0.5) is 0 Å². The lowest BCUT2D eigenvalue weighted by Gasteiger charge is -2.17. The van der Waals surface area contributed by atoms with Crippen LogP contribution in [-0.2, 0) is 6.54 Å². The Hall–Kier alpha value is -1.73. The van der Waals surface area contributed by atoms with Crippen molar-refractivity contribution in [2.75, 3.05) is 26.2 Å². The lowest BCUT2D eigenvalue weighted by atomic mass is 10.3. The van der Waals surface area contributed by atoms with Gasteiger partial charge in [-0.1, -0.05) is 26.0 Å². The second-order valence-electron chi connectivity index (χ2n) is 5.18. The van der Waals surface area contributed by atoms with Crippen LogP contribution >= 0.6 is 12.2 Å². The first-order chi connectivity index (χ1) is 11.2. The largest absolute Gasteiger partial charge is 0.492 e. The van der Waals surface area contributed by atoms with E-state index in [-0.39, 0.29) is 0 Å². The van der Waals surface area contributed by atoms with E-state index in [1.807, 2.05) is 31.2 Å². The van der Waals surface area contributed by atoms with Crippen LogP contribution in [0.15, 0.2) is 24.3 Å². The van der Waals surface area contributed by atoms with Gasteiger partial charge in [-0.2, -0.15) is 4.68 Å². The number of nitrogens with zero attached hydrogens (tertiary/aromatic N) is 5. The summed E-state index contributed by atoms with van der Waals surface area (Å²) in [6.07, 6.45) is 1.00. The Bertz CT molecular complexity index is 662. The Kier molecular flexibility index (Phi) is 6.73. The quantitative estimate of drug-likeness (QED) is 0.660. The Balaban J connectivity index is 2.12. The normalized spacial score (nSPS) is 11.1. The predicted octanol–water partition coefficient (Wildman–Crippen LogP) is 2.93. The number of benzene rings is 1. The van der Waals surface area contributed by atoms with Crippen LogP contribution in [0.1, 0.15) is 27.2 Å². The molecule has 2 rings (SSSR count). The third-order valence-corrected chi connectivity index (χ3v) is 4.16. The number of para-hydroxylation sites is 2. The third kappa shape index (κ3) is 4.39. The van der Waals surface area contributed by atoms with Gasteiger partial charge in [-0.3, -0.25) is 0 Å². The molecular formula is C16H25N5OS. The van der Waals surface area contributed by atoms with E-state index in [9.17, 15) is 0 Å². The highest BCUT2D eigenvalue weighted by Crippen LogP contribution is 2.21. The molecule has 0 fully saturated rings. The van der Waals surface area contributed by atoms with Gasteiger partial charge < -0.3 is 9.64 Å². The van der Waals surface area contributed by atoms with Crippen LogP contribution < -0.4 is 4.74 Å². The van der Waals surface area contributed by atoms with Crippen molar-refractivity contribution in [1.82, 2.24) is 24.7 Å². The third-order valence-electron chi connectivity index (χ3n) is 3.77. The Morgan fingerprint density at radius 3 is 2.57 bits per heavy atom. The first kappa shape index (κ1) is 17.6. The van der Waals surface area contributed by atoms with E-state index in [0.717, 1.165) is 44.0 Å². The van der Waals surface area contributed by atoms with Crippen molar-refractivity contribution in [2.24, 2.45) is 0 Å². The SMILES string of the molecule is CCOc1ccccc1-n1nnn(CCCN(CC)CC)c1=S. The van der Waals surface area contributed by atoms with E-state index >= 15 is 0 Å². The summed E-state index contributed by atoms with van der Waals surface area (Å²) in [7, 11) is 0. The van der Waals surface area contributed by atoms with Gasteiger partial charge in [0.1, 0.15) is 11.4 Å². The topological polar surface area (TPSA) is 48.1 Å². The summed E-state index contributed by atoms with van der Waals surface area (Å²) in [5.41, 5.74) is 0.828. The molecule has 0 atom stereocenters. The summed E-state index contributed by atoms with van der Waals surface area (Å²) >= 11 is 5.52. The predicted molar refractivity (Wildman–Crippen MR) is 93.8 cm³/mol. The van der Waals surface area contributed by atoms with E-state index < -0.39 is 0 Å². The van der Waals surface area contributed by atoms with Gasteiger partial charge in [0.2, 0.25) is 4.77 Å². The van der Waals surface area contributed by atoms with Crippen molar-refractivity contribution in [1.29, 1.82) is 0 Å². The lowest BCUT2D eigenvalue weighted by Crippen LogP contribution is -2.25. The summed E-state index contributed by atoms with van der Waals surface area (Å²) in [6.45, 7) is 10.9. The molecule has 7 heteroatoms. The number of aryl methyl sites for hydroxylation is 1. The number of rotatable bonds is 9. The lowest BCUT2D eigenvalue weighted by molar-refractivity contribution is 0.290. The summed E-state index contributed by atoms with van der Waals surface area (Å²) in [5, 5.41) is 8.39. The van der Waals surface area contributed by atoms with Gasteiger partial charge in [0.05, 0.1) is 6.61 Å². The van der Waals surface area contributed by atoms with Crippen LogP contribution in [0, 0.1) is 4.77 Å². The Morgan fingerprint density at radius 1 is 1.13 bits per heavy atom. The minimum atomic E-state index is 0.594. The zero-order valence-corrected chi connectivity index (χ0v) is 14.9. The average Bonchev–Trinajstić information content (AvgIpc) is 2.93. The second kappa shape index (κ2) is 8.79. The zero-order valence-electron chi connectivity index (χ0n) is 14.1. The minimum Gasteiger partial charge on any atom is -0.492 e. The fraction of sp³-hybridized carbons (Fsp3) is 0.562. The Morgan fingerprint density at radius 2 is 1.87 bits per heavy atom. The van der Waals surface area contributed by atoms with Gasteiger partial charge in [0, 0.05) is 6.54 Å². The van der Waals surface area contributed by atoms with Crippen LogP contribution in [0.5, 0.6) is 5.75 Å². The van der Waals surface area contributed by atoms with E-state index in [2.05, 4.69) is 29.2 Å². The number of aromatic nitrogens is 4. The molecular weight excluding hydrogens is 310 g/mol. The van der Waals surface area contributed by atoms with Gasteiger partial charge in [-0.25, -0.2) is 4.68 Å². The van der Waals surface area contributed by atoms with E-state index in [1.165, 1.54) is 0 Å². The molecule has 0 saturated heterocycles. The number of tetrazole rings is 1. The second-order valence-corrected chi connectivity index (χ2v) is 5.54. The van der Waals surface area contributed by atoms with Gasteiger partial charge in [-0.15, -0.1) is 0 Å². The van der Waals surface area contributed by atoms with E-state index in [1.54, 1.807) is 9.36 Å². The molecule has 23 heavy (non-hydrogen) atoms. The molecule has 0 saturated carbocycles. The molecule has 0 radical (unpaired) electrons. The van der Waals surface area contributed by atoms with Gasteiger partial charge >= 0.3 is 0 Å². The molecule has 0 bridgehead atoms. The molecule has 0 aliphatic rings. The summed E-state index contributed by atoms with van der Waals surface area (Å²) in [6, 6.07) is 7.74. The maximum absolute atomic E-state index is 5.65. The van der Waals surface area contributed by atoms with Crippen molar-refractivity contribution in [2.45, 2.75) is 33.7 Å². The monoisotopic (exact) mass is 335 g/mol. The van der Waals surface area contributed by atoms with Gasteiger partial charge in [0.25, 0.3) is 0 Å². The highest BCUT2D eigenvalue weighted by atomic mass is 32.1. The molecule has 1 heterocycles. The number of hydrogen-bond acceptors (Lipinski definition) is 5. The maximum Gasteiger partial charge on any atom is 0.220 e. The fourth-order valence-corrected chi connectivity index (χ4v) is 2.72. The van der Waals surface area contributed by atoms with E-state index in [4.69, 9.17) is 17.0 Å².